The van der Waals surface area contributed by atoms with E-state index in [9.17, 15) is 0 Å². The molecule has 0 bridgehead atoms. The summed E-state index contributed by atoms with van der Waals surface area (Å²) in [6.07, 6.45) is -0.280. The van der Waals surface area contributed by atoms with Gasteiger partial charge in [-0.2, -0.15) is 0 Å². The molecule has 0 aliphatic rings. The number of ether oxygens (including phenoxy) is 1. The van der Waals surface area contributed by atoms with E-state index in [0.717, 1.165) is 11.3 Å². The zero-order valence-electron chi connectivity index (χ0n) is 8.13. The van der Waals surface area contributed by atoms with Crippen molar-refractivity contribution in [2.24, 2.45) is 0 Å². The number of hydrogen-bond donors (Lipinski definition) is 0. The van der Waals surface area contributed by atoms with E-state index < -0.39 is 0 Å². The predicted octanol–water partition coefficient (Wildman–Crippen LogP) is 2.13. The van der Waals surface area contributed by atoms with E-state index in [0.29, 0.717) is 0 Å². The summed E-state index contributed by atoms with van der Waals surface area (Å²) < 4.78 is 10.3. The van der Waals surface area contributed by atoms with Crippen molar-refractivity contribution in [2.75, 3.05) is 0 Å². The molecular formula is C10H13O2Si. The summed E-state index contributed by atoms with van der Waals surface area (Å²) in [6.45, 7) is 5.92. The van der Waals surface area contributed by atoms with Crippen LogP contribution in [0, 0.1) is 13.8 Å². The van der Waals surface area contributed by atoms with Crippen LogP contribution >= 0.6 is 0 Å². The number of rotatable bonds is 3. The first-order valence-electron chi connectivity index (χ1n) is 4.20. The zero-order valence-corrected chi connectivity index (χ0v) is 9.13. The van der Waals surface area contributed by atoms with E-state index in [-0.39, 0.29) is 6.29 Å². The van der Waals surface area contributed by atoms with Crippen LogP contribution in [0.15, 0.2) is 18.2 Å². The lowest BCUT2D eigenvalue weighted by atomic mass is 10.1. The SMILES string of the molecule is Cc1cccc(OC(C)O[Si])c1C. The fraction of sp³-hybridized carbons (Fsp3) is 0.400. The van der Waals surface area contributed by atoms with Crippen LogP contribution in [0.3, 0.4) is 0 Å². The van der Waals surface area contributed by atoms with Crippen molar-refractivity contribution in [1.82, 2.24) is 0 Å². The van der Waals surface area contributed by atoms with Gasteiger partial charge in [-0.05, 0) is 38.0 Å². The van der Waals surface area contributed by atoms with Crippen LogP contribution in [0.5, 0.6) is 5.75 Å². The summed E-state index contributed by atoms with van der Waals surface area (Å²) in [5, 5.41) is 0. The molecule has 0 aliphatic heterocycles. The van der Waals surface area contributed by atoms with Gasteiger partial charge in [-0.3, -0.25) is 0 Å². The smallest absolute Gasteiger partial charge is 0.251 e. The second-order valence-corrected chi connectivity index (χ2v) is 3.24. The van der Waals surface area contributed by atoms with Gasteiger partial charge >= 0.3 is 0 Å². The van der Waals surface area contributed by atoms with Gasteiger partial charge in [0.1, 0.15) is 5.75 Å². The summed E-state index contributed by atoms with van der Waals surface area (Å²) in [5.74, 6) is 0.866. The first-order chi connectivity index (χ1) is 6.15. The van der Waals surface area contributed by atoms with Crippen molar-refractivity contribution in [2.45, 2.75) is 27.1 Å². The Bertz CT molecular complexity index is 286. The first-order valence-corrected chi connectivity index (χ1v) is 4.61. The van der Waals surface area contributed by atoms with Crippen molar-refractivity contribution in [1.29, 1.82) is 0 Å². The van der Waals surface area contributed by atoms with Crippen LogP contribution in [0.25, 0.3) is 0 Å². The molecule has 0 saturated heterocycles. The highest BCUT2D eigenvalue weighted by Crippen LogP contribution is 2.21. The molecule has 1 unspecified atom stereocenters. The number of hydrogen-bond acceptors (Lipinski definition) is 2. The van der Waals surface area contributed by atoms with Crippen molar-refractivity contribution in [3.63, 3.8) is 0 Å². The summed E-state index contributed by atoms with van der Waals surface area (Å²) >= 11 is 0. The third kappa shape index (κ3) is 2.57. The third-order valence-corrected chi connectivity index (χ3v) is 2.35. The average Bonchev–Trinajstić information content (AvgIpc) is 2.13. The molecule has 0 saturated carbocycles. The van der Waals surface area contributed by atoms with Crippen LogP contribution in [-0.4, -0.2) is 16.8 Å². The highest BCUT2D eigenvalue weighted by Gasteiger charge is 2.05. The Morgan fingerprint density at radius 2 is 2.00 bits per heavy atom. The maximum absolute atomic E-state index is 5.50. The van der Waals surface area contributed by atoms with E-state index in [1.165, 1.54) is 5.56 Å². The highest BCUT2D eigenvalue weighted by molar-refractivity contribution is 5.98. The molecule has 1 atom stereocenters. The normalized spacial score (nSPS) is 12.6. The Morgan fingerprint density at radius 3 is 2.62 bits per heavy atom. The van der Waals surface area contributed by atoms with Gasteiger partial charge in [0, 0.05) is 0 Å². The Balaban J connectivity index is 2.83. The van der Waals surface area contributed by atoms with Crippen molar-refractivity contribution < 1.29 is 9.16 Å². The molecule has 0 aliphatic carbocycles. The standard InChI is InChI=1S/C10H13O2Si/c1-7-5-4-6-10(8(7)2)11-9(3)12-13/h4-6,9H,1-3H3. The van der Waals surface area contributed by atoms with E-state index in [2.05, 4.69) is 23.5 Å². The van der Waals surface area contributed by atoms with E-state index >= 15 is 0 Å². The topological polar surface area (TPSA) is 18.5 Å². The van der Waals surface area contributed by atoms with Crippen LogP contribution in [-0.2, 0) is 4.43 Å². The van der Waals surface area contributed by atoms with Gasteiger partial charge in [-0.15, -0.1) is 0 Å². The van der Waals surface area contributed by atoms with Crippen LogP contribution in [0.4, 0.5) is 0 Å². The van der Waals surface area contributed by atoms with Crippen molar-refractivity contribution in [3.05, 3.63) is 29.3 Å². The van der Waals surface area contributed by atoms with Crippen LogP contribution in [0.1, 0.15) is 18.1 Å². The van der Waals surface area contributed by atoms with Crippen molar-refractivity contribution in [3.8, 4) is 5.75 Å². The Morgan fingerprint density at radius 1 is 1.31 bits per heavy atom. The molecule has 0 fully saturated rings. The van der Waals surface area contributed by atoms with Gasteiger partial charge in [0.05, 0.1) is 0 Å². The minimum atomic E-state index is -0.280. The largest absolute Gasteiger partial charge is 0.466 e. The molecular weight excluding hydrogens is 180 g/mol. The minimum Gasteiger partial charge on any atom is -0.466 e. The number of benzene rings is 1. The molecule has 0 amide bonds. The molecule has 0 aromatic heterocycles. The molecule has 3 heteroatoms. The quantitative estimate of drug-likeness (QED) is 0.541. The third-order valence-electron chi connectivity index (χ3n) is 2.01. The highest BCUT2D eigenvalue weighted by atomic mass is 28.2. The lowest BCUT2D eigenvalue weighted by Crippen LogP contribution is -2.15. The maximum atomic E-state index is 5.50. The van der Waals surface area contributed by atoms with E-state index in [1.807, 2.05) is 26.0 Å². The van der Waals surface area contributed by atoms with Gasteiger partial charge in [0.25, 0.3) is 10.5 Å². The Labute approximate surface area is 82.4 Å². The van der Waals surface area contributed by atoms with Gasteiger partial charge in [-0.1, -0.05) is 12.1 Å². The lowest BCUT2D eigenvalue weighted by molar-refractivity contribution is 0.0290. The molecule has 69 valence electrons. The maximum Gasteiger partial charge on any atom is 0.251 e. The molecule has 2 nitrogen and oxygen atoms in total. The molecule has 1 aromatic carbocycles. The fourth-order valence-electron chi connectivity index (χ4n) is 1.05. The van der Waals surface area contributed by atoms with Crippen LogP contribution < -0.4 is 4.74 Å². The Kier molecular flexibility index (Phi) is 3.51. The molecule has 1 aromatic rings. The summed E-state index contributed by atoms with van der Waals surface area (Å²) in [7, 11) is 2.94. The summed E-state index contributed by atoms with van der Waals surface area (Å²) in [4.78, 5) is 0. The monoisotopic (exact) mass is 193 g/mol. The predicted molar refractivity (Wildman–Crippen MR) is 52.8 cm³/mol. The molecule has 13 heavy (non-hydrogen) atoms. The molecule has 3 radical (unpaired) electrons. The van der Waals surface area contributed by atoms with Gasteiger partial charge in [0.15, 0.2) is 6.29 Å². The van der Waals surface area contributed by atoms with Crippen molar-refractivity contribution >= 4 is 10.5 Å². The fourth-order valence-corrected chi connectivity index (χ4v) is 1.10. The summed E-state index contributed by atoms with van der Waals surface area (Å²) in [6, 6.07) is 5.96. The van der Waals surface area contributed by atoms with E-state index in [1.54, 1.807) is 0 Å². The molecule has 1 rings (SSSR count). The van der Waals surface area contributed by atoms with Gasteiger partial charge in [0.2, 0.25) is 0 Å². The van der Waals surface area contributed by atoms with E-state index in [4.69, 9.17) is 9.16 Å². The lowest BCUT2D eigenvalue weighted by Gasteiger charge is -2.15. The second kappa shape index (κ2) is 4.44. The van der Waals surface area contributed by atoms with Gasteiger partial charge in [-0.25, -0.2) is 0 Å². The Hall–Kier alpha value is -0.803. The number of aryl methyl sites for hydroxylation is 1. The summed E-state index contributed by atoms with van der Waals surface area (Å²) in [5.41, 5.74) is 2.37. The molecule has 0 N–H and O–H groups in total. The average molecular weight is 193 g/mol. The minimum absolute atomic E-state index is 0.280. The zero-order chi connectivity index (χ0) is 9.84. The van der Waals surface area contributed by atoms with Gasteiger partial charge < -0.3 is 9.16 Å². The molecule has 0 spiro atoms. The molecule has 0 heterocycles. The first kappa shape index (κ1) is 10.3. The van der Waals surface area contributed by atoms with Crippen LogP contribution in [0.2, 0.25) is 0 Å². The second-order valence-electron chi connectivity index (χ2n) is 3.00.